The molecular weight excluding hydrogens is 781 g/mol. The molecule has 318 valence electrons. The number of fused-ring (bicyclic) bond motifs is 6. The number of hydrogen-bond acceptors (Lipinski definition) is 11. The molecule has 5 aromatic rings. The zero-order valence-corrected chi connectivity index (χ0v) is 34.6. The number of carbonyl (C=O) groups excluding carboxylic acids is 4. The summed E-state index contributed by atoms with van der Waals surface area (Å²) in [7, 11) is 0. The SMILES string of the molecule is C=C(C)C(=O)OCCNC(=O)OCCOc1ccc2c3c(ccc2c1)Oc1ccc2cc(OCCOC(=O)NCCOC(=O)C(=C)C)ccc2c1C3c1ccc(CCC)cc1. The van der Waals surface area contributed by atoms with E-state index in [1.54, 1.807) is 13.8 Å². The summed E-state index contributed by atoms with van der Waals surface area (Å²) in [5.41, 5.74) is 5.03. The lowest BCUT2D eigenvalue weighted by atomic mass is 9.78. The summed E-state index contributed by atoms with van der Waals surface area (Å²) >= 11 is 0. The maximum atomic E-state index is 12.1. The number of esters is 2. The molecule has 0 spiro atoms. The molecule has 2 N–H and O–H groups in total. The lowest BCUT2D eigenvalue weighted by Gasteiger charge is -2.31. The second-order valence-electron chi connectivity index (χ2n) is 14.4. The zero-order valence-electron chi connectivity index (χ0n) is 34.6. The summed E-state index contributed by atoms with van der Waals surface area (Å²) in [6, 6.07) is 28.6. The Bertz CT molecular complexity index is 2280. The van der Waals surface area contributed by atoms with Gasteiger partial charge < -0.3 is 43.8 Å². The average molecular weight is 831 g/mol. The van der Waals surface area contributed by atoms with Crippen LogP contribution in [0.5, 0.6) is 23.0 Å². The number of rotatable bonds is 19. The van der Waals surface area contributed by atoms with E-state index in [4.69, 9.17) is 33.2 Å². The van der Waals surface area contributed by atoms with Gasteiger partial charge in [0.1, 0.15) is 62.6 Å². The Balaban J connectivity index is 1.15. The van der Waals surface area contributed by atoms with Crippen molar-refractivity contribution in [1.82, 2.24) is 10.6 Å². The number of benzene rings is 5. The molecule has 61 heavy (non-hydrogen) atoms. The van der Waals surface area contributed by atoms with Gasteiger partial charge in [-0.1, -0.05) is 75.0 Å². The number of alkyl carbamates (subject to hydrolysis) is 2. The van der Waals surface area contributed by atoms with Crippen molar-refractivity contribution in [2.24, 2.45) is 0 Å². The molecule has 1 aliphatic heterocycles. The van der Waals surface area contributed by atoms with E-state index in [-0.39, 0.29) is 69.8 Å². The van der Waals surface area contributed by atoms with Crippen LogP contribution in [-0.4, -0.2) is 76.9 Å². The van der Waals surface area contributed by atoms with E-state index < -0.39 is 24.1 Å². The molecule has 2 amide bonds. The van der Waals surface area contributed by atoms with Gasteiger partial charge in [-0.3, -0.25) is 0 Å². The van der Waals surface area contributed by atoms with Gasteiger partial charge >= 0.3 is 24.1 Å². The molecule has 1 aliphatic rings. The smallest absolute Gasteiger partial charge is 0.407 e. The standard InChI is InChI=1S/C48H50N2O11/c1-6-7-32-8-10-33(11-9-32)42-43-38-16-14-36(55-24-26-59-47(53)49-20-22-57-45(51)30(2)3)28-34(38)12-18-40(43)61-41-19-13-35-29-37(15-17-39(35)44(41)42)56-25-27-60-48(54)50-21-23-58-46(52)31(4)5/h8-19,28-29,42H,2,4,6-7,20-27H2,1,3,5H3,(H,49,53)(H,50,54). The predicted molar refractivity (Wildman–Crippen MR) is 231 cm³/mol. The van der Waals surface area contributed by atoms with E-state index in [0.717, 1.165) is 62.6 Å². The fourth-order valence-corrected chi connectivity index (χ4v) is 6.87. The minimum absolute atomic E-state index is 0.00798. The van der Waals surface area contributed by atoms with Crippen molar-refractivity contribution in [3.05, 3.63) is 131 Å². The third kappa shape index (κ3) is 11.4. The topological polar surface area (TPSA) is 157 Å². The second-order valence-corrected chi connectivity index (χ2v) is 14.4. The largest absolute Gasteiger partial charge is 0.490 e. The predicted octanol–water partition coefficient (Wildman–Crippen LogP) is 8.68. The molecule has 5 aromatic carbocycles. The third-order valence-electron chi connectivity index (χ3n) is 9.71. The number of carbonyl (C=O) groups is 4. The van der Waals surface area contributed by atoms with E-state index in [1.165, 1.54) is 5.56 Å². The maximum Gasteiger partial charge on any atom is 0.407 e. The molecule has 6 rings (SSSR count). The number of aryl methyl sites for hydroxylation is 1. The fourth-order valence-electron chi connectivity index (χ4n) is 6.87. The summed E-state index contributed by atoms with van der Waals surface area (Å²) in [6.07, 6.45) is 0.755. The highest BCUT2D eigenvalue weighted by Gasteiger charge is 2.32. The summed E-state index contributed by atoms with van der Waals surface area (Å²) in [6.45, 7) is 12.8. The summed E-state index contributed by atoms with van der Waals surface area (Å²) in [4.78, 5) is 47.1. The highest BCUT2D eigenvalue weighted by molar-refractivity contribution is 5.96. The zero-order chi connectivity index (χ0) is 43.3. The minimum atomic E-state index is -0.643. The molecule has 1 heterocycles. The van der Waals surface area contributed by atoms with Crippen LogP contribution in [0.1, 0.15) is 55.4 Å². The van der Waals surface area contributed by atoms with Gasteiger partial charge in [0, 0.05) is 28.2 Å². The highest BCUT2D eigenvalue weighted by atomic mass is 16.6. The van der Waals surface area contributed by atoms with Gasteiger partial charge in [-0.05, 0) is 89.3 Å². The molecular formula is C48H50N2O11. The van der Waals surface area contributed by atoms with Gasteiger partial charge in [0.2, 0.25) is 0 Å². The van der Waals surface area contributed by atoms with Gasteiger partial charge in [-0.15, -0.1) is 0 Å². The van der Waals surface area contributed by atoms with Crippen LogP contribution in [0, 0.1) is 0 Å². The lowest BCUT2D eigenvalue weighted by Crippen LogP contribution is -2.29. The van der Waals surface area contributed by atoms with Crippen molar-refractivity contribution < 1.29 is 52.3 Å². The Morgan fingerprint density at radius 3 is 1.51 bits per heavy atom. The highest BCUT2D eigenvalue weighted by Crippen LogP contribution is 2.52. The first-order valence-electron chi connectivity index (χ1n) is 20.1. The lowest BCUT2D eigenvalue weighted by molar-refractivity contribution is -0.139. The van der Waals surface area contributed by atoms with Crippen LogP contribution in [0.4, 0.5) is 9.59 Å². The molecule has 0 bridgehead atoms. The van der Waals surface area contributed by atoms with Gasteiger partial charge in [0.15, 0.2) is 0 Å². The summed E-state index contributed by atoms with van der Waals surface area (Å²) in [5.74, 6) is 1.55. The molecule has 0 saturated heterocycles. The van der Waals surface area contributed by atoms with Crippen LogP contribution >= 0.6 is 0 Å². The Morgan fingerprint density at radius 1 is 0.590 bits per heavy atom. The molecule has 0 unspecified atom stereocenters. The number of nitrogens with one attached hydrogen (secondary N) is 2. The monoisotopic (exact) mass is 830 g/mol. The van der Waals surface area contributed by atoms with Gasteiger partial charge in [0.05, 0.1) is 13.1 Å². The van der Waals surface area contributed by atoms with Crippen molar-refractivity contribution in [2.75, 3.05) is 52.7 Å². The number of amides is 2. The first kappa shape index (κ1) is 43.6. The van der Waals surface area contributed by atoms with E-state index >= 15 is 0 Å². The van der Waals surface area contributed by atoms with E-state index in [2.05, 4.69) is 55.0 Å². The van der Waals surface area contributed by atoms with Gasteiger partial charge in [-0.2, -0.15) is 0 Å². The first-order valence-corrected chi connectivity index (χ1v) is 20.1. The Morgan fingerprint density at radius 2 is 1.07 bits per heavy atom. The molecule has 0 aliphatic carbocycles. The summed E-state index contributed by atoms with van der Waals surface area (Å²) in [5, 5.41) is 8.99. The van der Waals surface area contributed by atoms with Crippen LogP contribution in [0.15, 0.2) is 109 Å². The molecule has 13 heteroatoms. The molecule has 0 aromatic heterocycles. The van der Waals surface area contributed by atoms with Crippen molar-refractivity contribution in [1.29, 1.82) is 0 Å². The minimum Gasteiger partial charge on any atom is -0.490 e. The van der Waals surface area contributed by atoms with Crippen LogP contribution in [-0.2, 0) is 35.0 Å². The van der Waals surface area contributed by atoms with Crippen LogP contribution < -0.4 is 24.8 Å². The Hall–Kier alpha value is -7.02. The van der Waals surface area contributed by atoms with Crippen LogP contribution in [0.25, 0.3) is 21.5 Å². The average Bonchev–Trinajstić information content (AvgIpc) is 3.26. The first-order chi connectivity index (χ1) is 29.5. The van der Waals surface area contributed by atoms with Crippen molar-refractivity contribution in [3.8, 4) is 23.0 Å². The van der Waals surface area contributed by atoms with Crippen molar-refractivity contribution in [2.45, 2.75) is 39.5 Å². The maximum absolute atomic E-state index is 12.1. The van der Waals surface area contributed by atoms with Crippen LogP contribution in [0.2, 0.25) is 0 Å². The normalized spacial score (nSPS) is 11.7. The van der Waals surface area contributed by atoms with Crippen LogP contribution in [0.3, 0.4) is 0 Å². The van der Waals surface area contributed by atoms with Gasteiger partial charge in [-0.25, -0.2) is 19.2 Å². The second kappa shape index (κ2) is 20.8. The molecule has 13 nitrogen and oxygen atoms in total. The van der Waals surface area contributed by atoms with Gasteiger partial charge in [0.25, 0.3) is 0 Å². The quantitative estimate of drug-likeness (QED) is 0.0348. The summed E-state index contributed by atoms with van der Waals surface area (Å²) < 4.78 is 39.0. The van der Waals surface area contributed by atoms with Crippen molar-refractivity contribution in [3.63, 3.8) is 0 Å². The molecule has 0 saturated carbocycles. The Kier molecular flexibility index (Phi) is 14.8. The number of hydrogen-bond donors (Lipinski definition) is 2. The van der Waals surface area contributed by atoms with E-state index in [0.29, 0.717) is 11.5 Å². The number of ether oxygens (including phenoxy) is 7. The molecule has 0 radical (unpaired) electrons. The third-order valence-corrected chi connectivity index (χ3v) is 9.71. The van der Waals surface area contributed by atoms with Crippen molar-refractivity contribution >= 4 is 45.7 Å². The van der Waals surface area contributed by atoms with E-state index in [1.807, 2.05) is 60.7 Å². The molecule has 0 fully saturated rings. The Labute approximate surface area is 354 Å². The van der Waals surface area contributed by atoms with E-state index in [9.17, 15) is 19.2 Å². The fraction of sp³-hybridized carbons (Fsp3) is 0.292. The molecule has 0 atom stereocenters.